The standard InChI is InChI=1S/C25H24ClNO4/c1-15-22(25(29)30-2)23(24-20(27-15)10-5-11-21(24)28)17-7-4-9-19(13-17)31-14-16-6-3-8-18(26)12-16/h3-4,6-9,12-13,23,27H,5,10-11,14H2,1-2H3/t23-/m0/s1. The van der Waals surface area contributed by atoms with E-state index in [0.29, 0.717) is 34.9 Å². The van der Waals surface area contributed by atoms with Crippen molar-refractivity contribution in [3.63, 3.8) is 0 Å². The molecule has 1 N–H and O–H groups in total. The summed E-state index contributed by atoms with van der Waals surface area (Å²) in [4.78, 5) is 25.6. The van der Waals surface area contributed by atoms with Crippen LogP contribution in [0.1, 0.15) is 43.2 Å². The Labute approximate surface area is 186 Å². The average molecular weight is 438 g/mol. The van der Waals surface area contributed by atoms with E-state index in [1.54, 1.807) is 0 Å². The molecule has 0 bridgehead atoms. The SMILES string of the molecule is COC(=O)C1=C(C)NC2=C(C(=O)CCC2)[C@H]1c1cccc(OCc2cccc(Cl)c2)c1. The summed E-state index contributed by atoms with van der Waals surface area (Å²) >= 11 is 6.06. The van der Waals surface area contributed by atoms with Crippen molar-refractivity contribution in [1.29, 1.82) is 0 Å². The summed E-state index contributed by atoms with van der Waals surface area (Å²) in [5.74, 6) is -0.197. The van der Waals surface area contributed by atoms with Crippen LogP contribution in [0.25, 0.3) is 0 Å². The highest BCUT2D eigenvalue weighted by molar-refractivity contribution is 6.30. The molecule has 0 spiro atoms. The molecule has 0 saturated heterocycles. The molecule has 1 aliphatic heterocycles. The number of allylic oxidation sites excluding steroid dienone is 3. The van der Waals surface area contributed by atoms with Gasteiger partial charge in [0.15, 0.2) is 5.78 Å². The number of ketones is 1. The zero-order chi connectivity index (χ0) is 22.0. The van der Waals surface area contributed by atoms with Gasteiger partial charge >= 0.3 is 5.97 Å². The van der Waals surface area contributed by atoms with Crippen LogP contribution >= 0.6 is 11.6 Å². The first-order chi connectivity index (χ1) is 15.0. The van der Waals surface area contributed by atoms with Crippen molar-refractivity contribution in [3.05, 3.63) is 87.2 Å². The quantitative estimate of drug-likeness (QED) is 0.662. The van der Waals surface area contributed by atoms with Crippen LogP contribution in [0.3, 0.4) is 0 Å². The predicted molar refractivity (Wildman–Crippen MR) is 119 cm³/mol. The van der Waals surface area contributed by atoms with Crippen molar-refractivity contribution in [2.45, 2.75) is 38.7 Å². The number of rotatable bonds is 5. The van der Waals surface area contributed by atoms with E-state index in [-0.39, 0.29) is 5.78 Å². The van der Waals surface area contributed by atoms with E-state index >= 15 is 0 Å². The molecule has 0 fully saturated rings. The number of carbonyl (C=O) groups is 2. The van der Waals surface area contributed by atoms with E-state index < -0.39 is 11.9 Å². The highest BCUT2D eigenvalue weighted by Crippen LogP contribution is 2.43. The molecule has 2 aromatic rings. The first-order valence-electron chi connectivity index (χ1n) is 10.3. The first kappa shape index (κ1) is 21.2. The van der Waals surface area contributed by atoms with E-state index in [1.165, 1.54) is 7.11 Å². The summed E-state index contributed by atoms with van der Waals surface area (Å²) in [5.41, 5.74) is 4.52. The molecule has 2 aliphatic rings. The van der Waals surface area contributed by atoms with Gasteiger partial charge in [-0.2, -0.15) is 0 Å². The maximum Gasteiger partial charge on any atom is 0.336 e. The number of ether oxygens (including phenoxy) is 2. The molecule has 0 aromatic heterocycles. The number of carbonyl (C=O) groups excluding carboxylic acids is 2. The fourth-order valence-corrected chi connectivity index (χ4v) is 4.49. The Bertz CT molecular complexity index is 1100. The van der Waals surface area contributed by atoms with Crippen LogP contribution in [-0.4, -0.2) is 18.9 Å². The molecule has 31 heavy (non-hydrogen) atoms. The number of methoxy groups -OCH3 is 1. The molecule has 2 aromatic carbocycles. The molecule has 0 unspecified atom stereocenters. The molecule has 160 valence electrons. The topological polar surface area (TPSA) is 64.6 Å². The average Bonchev–Trinajstić information content (AvgIpc) is 2.77. The van der Waals surface area contributed by atoms with E-state index in [0.717, 1.165) is 35.4 Å². The van der Waals surface area contributed by atoms with Crippen molar-refractivity contribution in [2.75, 3.05) is 7.11 Å². The Morgan fingerprint density at radius 3 is 2.74 bits per heavy atom. The highest BCUT2D eigenvalue weighted by atomic mass is 35.5. The molecule has 4 rings (SSSR count). The van der Waals surface area contributed by atoms with Crippen LogP contribution in [0.4, 0.5) is 0 Å². The number of dihydropyridines is 1. The fraction of sp³-hybridized carbons (Fsp3) is 0.280. The number of benzene rings is 2. The zero-order valence-electron chi connectivity index (χ0n) is 17.5. The molecule has 1 atom stereocenters. The monoisotopic (exact) mass is 437 g/mol. The maximum atomic E-state index is 12.9. The minimum atomic E-state index is -0.480. The summed E-state index contributed by atoms with van der Waals surface area (Å²) in [7, 11) is 1.36. The largest absolute Gasteiger partial charge is 0.489 e. The zero-order valence-corrected chi connectivity index (χ0v) is 18.3. The lowest BCUT2D eigenvalue weighted by atomic mass is 9.75. The van der Waals surface area contributed by atoms with Gasteiger partial charge in [0, 0.05) is 34.3 Å². The van der Waals surface area contributed by atoms with E-state index in [4.69, 9.17) is 21.1 Å². The van der Waals surface area contributed by atoms with Crippen molar-refractivity contribution < 1.29 is 19.1 Å². The maximum absolute atomic E-state index is 12.9. The van der Waals surface area contributed by atoms with Gasteiger partial charge in [0.25, 0.3) is 0 Å². The van der Waals surface area contributed by atoms with Gasteiger partial charge in [0.1, 0.15) is 12.4 Å². The predicted octanol–water partition coefficient (Wildman–Crippen LogP) is 5.06. The van der Waals surface area contributed by atoms with Crippen LogP contribution in [-0.2, 0) is 20.9 Å². The number of hydrogen-bond donors (Lipinski definition) is 1. The Balaban J connectivity index is 1.70. The number of nitrogens with one attached hydrogen (secondary N) is 1. The number of esters is 1. The lowest BCUT2D eigenvalue weighted by Crippen LogP contribution is -2.34. The van der Waals surface area contributed by atoms with Gasteiger partial charge in [-0.25, -0.2) is 4.79 Å². The molecule has 0 amide bonds. The summed E-state index contributed by atoms with van der Waals surface area (Å²) in [5, 5.41) is 3.93. The molecule has 1 aliphatic carbocycles. The van der Waals surface area contributed by atoms with Crippen LogP contribution in [0.5, 0.6) is 5.75 Å². The molecular weight excluding hydrogens is 414 g/mol. The van der Waals surface area contributed by atoms with Gasteiger partial charge in [0.2, 0.25) is 0 Å². The van der Waals surface area contributed by atoms with Crippen LogP contribution in [0.15, 0.2) is 71.1 Å². The van der Waals surface area contributed by atoms with Crippen molar-refractivity contribution in [2.24, 2.45) is 0 Å². The lowest BCUT2D eigenvalue weighted by Gasteiger charge is -2.34. The number of Topliss-reactive ketones (excluding diaryl/α,β-unsaturated/α-hetero) is 1. The van der Waals surface area contributed by atoms with Crippen LogP contribution in [0, 0.1) is 0 Å². The normalized spacial score (nSPS) is 18.4. The second-order valence-corrected chi connectivity index (χ2v) is 8.18. The second kappa shape index (κ2) is 8.98. The molecular formula is C25H24ClNO4. The van der Waals surface area contributed by atoms with E-state index in [1.807, 2.05) is 55.5 Å². The molecule has 5 nitrogen and oxygen atoms in total. The summed E-state index contributed by atoms with van der Waals surface area (Å²) < 4.78 is 11.0. The lowest BCUT2D eigenvalue weighted by molar-refractivity contribution is -0.136. The third-order valence-corrected chi connectivity index (χ3v) is 5.90. The van der Waals surface area contributed by atoms with E-state index in [2.05, 4.69) is 5.32 Å². The van der Waals surface area contributed by atoms with Crippen LogP contribution < -0.4 is 10.1 Å². The number of halogens is 1. The van der Waals surface area contributed by atoms with Gasteiger partial charge < -0.3 is 14.8 Å². The number of hydrogen-bond acceptors (Lipinski definition) is 5. The summed E-state index contributed by atoms with van der Waals surface area (Å²) in [6.45, 7) is 2.21. The Morgan fingerprint density at radius 1 is 1.16 bits per heavy atom. The van der Waals surface area contributed by atoms with Gasteiger partial charge in [-0.3, -0.25) is 4.79 Å². The van der Waals surface area contributed by atoms with Gasteiger partial charge in [-0.1, -0.05) is 35.9 Å². The smallest absolute Gasteiger partial charge is 0.336 e. The minimum Gasteiger partial charge on any atom is -0.489 e. The van der Waals surface area contributed by atoms with Crippen LogP contribution in [0.2, 0.25) is 5.02 Å². The van der Waals surface area contributed by atoms with Gasteiger partial charge in [0.05, 0.1) is 12.7 Å². The van der Waals surface area contributed by atoms with Crippen molar-refractivity contribution in [3.8, 4) is 5.75 Å². The van der Waals surface area contributed by atoms with E-state index in [9.17, 15) is 9.59 Å². The van der Waals surface area contributed by atoms with Gasteiger partial charge in [-0.15, -0.1) is 0 Å². The third-order valence-electron chi connectivity index (χ3n) is 5.67. The minimum absolute atomic E-state index is 0.0675. The molecule has 0 saturated carbocycles. The molecule has 0 radical (unpaired) electrons. The van der Waals surface area contributed by atoms with Crippen molar-refractivity contribution >= 4 is 23.4 Å². The molecule has 1 heterocycles. The van der Waals surface area contributed by atoms with Gasteiger partial charge in [-0.05, 0) is 55.2 Å². The Kier molecular flexibility index (Phi) is 6.14. The molecule has 6 heteroatoms. The second-order valence-electron chi connectivity index (χ2n) is 7.75. The first-order valence-corrected chi connectivity index (χ1v) is 10.6. The third kappa shape index (κ3) is 4.37. The van der Waals surface area contributed by atoms with Crippen molar-refractivity contribution in [1.82, 2.24) is 5.32 Å². The summed E-state index contributed by atoms with van der Waals surface area (Å²) in [6.07, 6.45) is 2.07. The Hall–Kier alpha value is -3.05. The highest BCUT2D eigenvalue weighted by Gasteiger charge is 2.38. The Morgan fingerprint density at radius 2 is 1.97 bits per heavy atom. The summed E-state index contributed by atoms with van der Waals surface area (Å²) in [6, 6.07) is 15.1. The fourth-order valence-electron chi connectivity index (χ4n) is 4.27.